The van der Waals surface area contributed by atoms with Crippen molar-refractivity contribution in [3.05, 3.63) is 128 Å². The van der Waals surface area contributed by atoms with Gasteiger partial charge in [0.25, 0.3) is 0 Å². The number of amides is 1. The average Bonchev–Trinajstić information content (AvgIpc) is 3.24. The Morgan fingerprint density at radius 3 is 1.86 bits per heavy atom. The number of hydrogen-bond donors (Lipinski definition) is 1. The number of nitrogens with zero attached hydrogens (tertiary/aromatic N) is 5. The summed E-state index contributed by atoms with van der Waals surface area (Å²) in [4.78, 5) is 19.1. The zero-order valence-electron chi connectivity index (χ0n) is 22.9. The van der Waals surface area contributed by atoms with Gasteiger partial charge in [0.15, 0.2) is 0 Å². The molecule has 2 aliphatic heterocycles. The first-order chi connectivity index (χ1) is 20.0. The number of aryl methyl sites for hydroxylation is 4. The molecule has 216 valence electrons. The summed E-state index contributed by atoms with van der Waals surface area (Å²) in [5, 5.41) is 4.75. The lowest BCUT2D eigenvalue weighted by molar-refractivity contribution is -0.116. The highest BCUT2D eigenvalue weighted by Gasteiger charge is 2.25. The predicted molar refractivity (Wildman–Crippen MR) is 175 cm³/mol. The van der Waals surface area contributed by atoms with Crippen LogP contribution >= 0.6 is 35.6 Å². The normalized spacial score (nSPS) is 12.8. The molecular weight excluding hydrogens is 591 g/mol. The molecule has 0 aromatic heterocycles. The van der Waals surface area contributed by atoms with Gasteiger partial charge in [0.1, 0.15) is 6.54 Å². The highest BCUT2D eigenvalue weighted by atomic mass is 35.5. The first-order valence-corrected chi connectivity index (χ1v) is 14.3. The van der Waals surface area contributed by atoms with Crippen LogP contribution < -0.4 is 15.5 Å². The molecule has 0 fully saturated rings. The zero-order valence-corrected chi connectivity index (χ0v) is 25.2. The van der Waals surface area contributed by atoms with Crippen molar-refractivity contribution >= 4 is 64.3 Å². The lowest BCUT2D eigenvalue weighted by atomic mass is 10.0. The van der Waals surface area contributed by atoms with E-state index in [9.17, 15) is 4.79 Å². The van der Waals surface area contributed by atoms with Crippen LogP contribution in [0.25, 0.3) is 10.4 Å². The molecule has 0 aliphatic carbocycles. The summed E-state index contributed by atoms with van der Waals surface area (Å²) < 4.78 is 0. The number of fused-ring (bicyclic) bond motifs is 4. The van der Waals surface area contributed by atoms with Crippen LogP contribution in [-0.4, -0.2) is 25.5 Å². The third kappa shape index (κ3) is 6.84. The SMILES string of the molecule is Cl.NCCN1c2ccccc2CCc2ccc(Cl)cc21.[N-]=[N+]=NCC(=O)N1c2ccccc2CCc2ccc(Cl)cc21. The van der Waals surface area contributed by atoms with Crippen LogP contribution in [0.1, 0.15) is 22.3 Å². The van der Waals surface area contributed by atoms with Gasteiger partial charge in [0.05, 0.1) is 11.4 Å². The molecule has 1 amide bonds. The van der Waals surface area contributed by atoms with E-state index in [0.29, 0.717) is 11.6 Å². The van der Waals surface area contributed by atoms with Crippen LogP contribution in [0.5, 0.6) is 0 Å². The number of para-hydroxylation sites is 2. The van der Waals surface area contributed by atoms with Crippen molar-refractivity contribution in [2.45, 2.75) is 25.7 Å². The van der Waals surface area contributed by atoms with Gasteiger partial charge >= 0.3 is 0 Å². The predicted octanol–water partition coefficient (Wildman–Crippen LogP) is 8.37. The van der Waals surface area contributed by atoms with Gasteiger partial charge < -0.3 is 10.6 Å². The van der Waals surface area contributed by atoms with E-state index in [0.717, 1.165) is 59.8 Å². The molecule has 7 nitrogen and oxygen atoms in total. The minimum absolute atomic E-state index is 0. The summed E-state index contributed by atoms with van der Waals surface area (Å²) in [7, 11) is 0. The van der Waals surface area contributed by atoms with Crippen LogP contribution in [0.15, 0.2) is 90.0 Å². The van der Waals surface area contributed by atoms with E-state index in [2.05, 4.69) is 51.3 Å². The molecule has 0 bridgehead atoms. The number of azide groups is 1. The third-order valence-corrected chi connectivity index (χ3v) is 7.81. The fraction of sp³-hybridized carbons (Fsp3) is 0.219. The monoisotopic (exact) mass is 620 g/mol. The van der Waals surface area contributed by atoms with Gasteiger partial charge in [-0.25, -0.2) is 0 Å². The number of benzene rings is 4. The summed E-state index contributed by atoms with van der Waals surface area (Å²) in [5.74, 6) is -0.268. The Bertz CT molecular complexity index is 1620. The third-order valence-electron chi connectivity index (χ3n) is 7.34. The Balaban J connectivity index is 0.000000190. The van der Waals surface area contributed by atoms with Gasteiger partial charge in [-0.3, -0.25) is 9.69 Å². The van der Waals surface area contributed by atoms with Gasteiger partial charge in [-0.15, -0.1) is 12.4 Å². The van der Waals surface area contributed by atoms with Crippen LogP contribution in [0.4, 0.5) is 22.7 Å². The average molecular weight is 622 g/mol. The number of hydrogen-bond acceptors (Lipinski definition) is 4. The quantitative estimate of drug-likeness (QED) is 0.141. The second-order valence-electron chi connectivity index (χ2n) is 9.86. The van der Waals surface area contributed by atoms with E-state index >= 15 is 0 Å². The molecule has 6 rings (SSSR count). The molecule has 2 aliphatic rings. The van der Waals surface area contributed by atoms with Crippen molar-refractivity contribution < 1.29 is 4.79 Å². The van der Waals surface area contributed by atoms with Gasteiger partial charge in [-0.05, 0) is 89.9 Å². The van der Waals surface area contributed by atoms with Crippen molar-refractivity contribution in [3.63, 3.8) is 0 Å². The van der Waals surface area contributed by atoms with Gasteiger partial charge in [-0.1, -0.05) is 76.8 Å². The highest BCUT2D eigenvalue weighted by Crippen LogP contribution is 2.38. The summed E-state index contributed by atoms with van der Waals surface area (Å²) >= 11 is 12.3. The second-order valence-corrected chi connectivity index (χ2v) is 10.7. The Morgan fingerprint density at radius 1 is 0.762 bits per heavy atom. The number of rotatable bonds is 4. The van der Waals surface area contributed by atoms with Gasteiger partial charge in [0.2, 0.25) is 5.91 Å². The second kappa shape index (κ2) is 14.5. The van der Waals surface area contributed by atoms with E-state index in [1.807, 2.05) is 42.5 Å². The van der Waals surface area contributed by atoms with E-state index in [4.69, 9.17) is 34.5 Å². The number of anilines is 4. The largest absolute Gasteiger partial charge is 0.340 e. The number of carbonyl (C=O) groups excluding carboxylic acids is 1. The zero-order chi connectivity index (χ0) is 28.8. The van der Waals surface area contributed by atoms with Crippen molar-refractivity contribution in [1.29, 1.82) is 0 Å². The number of nitrogens with two attached hydrogens (primary N) is 1. The molecule has 10 heteroatoms. The first-order valence-electron chi connectivity index (χ1n) is 13.5. The van der Waals surface area contributed by atoms with E-state index < -0.39 is 0 Å². The van der Waals surface area contributed by atoms with Crippen LogP contribution in [0.2, 0.25) is 10.0 Å². The number of halogens is 3. The summed E-state index contributed by atoms with van der Waals surface area (Å²) in [6.45, 7) is 1.21. The van der Waals surface area contributed by atoms with Gasteiger partial charge in [-0.2, -0.15) is 0 Å². The first kappa shape index (κ1) is 31.2. The van der Waals surface area contributed by atoms with Crippen molar-refractivity contribution in [2.75, 3.05) is 29.4 Å². The Hall–Kier alpha value is -3.71. The molecule has 0 radical (unpaired) electrons. The Kier molecular flexibility index (Phi) is 10.7. The standard InChI is InChI=1S/C16H13ClN4O.C16H17ClN2.ClH/c17-13-8-7-12-6-5-11-3-1-2-4-14(11)21(15(12)9-13)16(22)10-19-20-18;17-14-8-7-13-6-5-12-3-1-2-4-15(12)19(10-9-18)16(13)11-14;/h1-4,7-9H,5-6,10H2;1-4,7-8,11H,5-6,9-10,18H2;1H. The van der Waals surface area contributed by atoms with Crippen LogP contribution in [0, 0.1) is 0 Å². The lowest BCUT2D eigenvalue weighted by Crippen LogP contribution is -2.28. The molecule has 0 spiro atoms. The molecule has 0 saturated heterocycles. The van der Waals surface area contributed by atoms with Crippen molar-refractivity contribution in [1.82, 2.24) is 0 Å². The molecular formula is C32H31Cl3N6O. The minimum Gasteiger partial charge on any atom is -0.340 e. The molecule has 0 unspecified atom stereocenters. The van der Waals surface area contributed by atoms with E-state index in [-0.39, 0.29) is 24.9 Å². The minimum atomic E-state index is -0.268. The Labute approximate surface area is 261 Å². The fourth-order valence-corrected chi connectivity index (χ4v) is 5.81. The maximum absolute atomic E-state index is 12.6. The summed E-state index contributed by atoms with van der Waals surface area (Å²) in [5.41, 5.74) is 23.2. The fourth-order valence-electron chi connectivity index (χ4n) is 5.48. The van der Waals surface area contributed by atoms with Gasteiger partial charge in [0, 0.05) is 39.4 Å². The smallest absolute Gasteiger partial charge is 0.237 e. The molecule has 0 atom stereocenters. The van der Waals surface area contributed by atoms with E-state index in [1.54, 1.807) is 11.0 Å². The Morgan fingerprint density at radius 2 is 1.26 bits per heavy atom. The molecule has 42 heavy (non-hydrogen) atoms. The van der Waals surface area contributed by atoms with Crippen molar-refractivity contribution in [3.8, 4) is 0 Å². The number of carbonyl (C=O) groups is 1. The highest BCUT2D eigenvalue weighted by molar-refractivity contribution is 6.31. The molecule has 4 aromatic carbocycles. The maximum Gasteiger partial charge on any atom is 0.237 e. The summed E-state index contributed by atoms with van der Waals surface area (Å²) in [6, 6.07) is 28.0. The molecule has 0 saturated carbocycles. The topological polar surface area (TPSA) is 98.3 Å². The van der Waals surface area contributed by atoms with Crippen LogP contribution in [0.3, 0.4) is 0 Å². The van der Waals surface area contributed by atoms with E-state index in [1.165, 1.54) is 22.5 Å². The van der Waals surface area contributed by atoms with Crippen LogP contribution in [-0.2, 0) is 30.5 Å². The maximum atomic E-state index is 12.6. The van der Waals surface area contributed by atoms with Crippen molar-refractivity contribution in [2.24, 2.45) is 10.8 Å². The lowest BCUT2D eigenvalue weighted by Gasteiger charge is -2.26. The summed E-state index contributed by atoms with van der Waals surface area (Å²) in [6.07, 6.45) is 3.78. The molecule has 2 heterocycles. The molecule has 4 aromatic rings. The molecule has 2 N–H and O–H groups in total.